The van der Waals surface area contributed by atoms with E-state index in [2.05, 4.69) is 12.2 Å². The van der Waals surface area contributed by atoms with Gasteiger partial charge in [0.15, 0.2) is 15.6 Å². The lowest BCUT2D eigenvalue weighted by Gasteiger charge is -2.40. The van der Waals surface area contributed by atoms with Crippen LogP contribution in [0, 0.1) is 0 Å². The molecule has 0 aromatic rings. The Kier molecular flexibility index (Phi) is 4.87. The van der Waals surface area contributed by atoms with Crippen molar-refractivity contribution in [3.8, 4) is 0 Å². The second-order valence-electron chi connectivity index (χ2n) is 5.40. The normalized spacial score (nSPS) is 30.8. The van der Waals surface area contributed by atoms with Gasteiger partial charge in [-0.05, 0) is 19.4 Å². The average Bonchev–Trinajstić information content (AvgIpc) is 2.86. The maximum Gasteiger partial charge on any atom is 0.169 e. The van der Waals surface area contributed by atoms with Gasteiger partial charge < -0.3 is 14.8 Å². The largest absolute Gasteiger partial charge is 0.347 e. The highest BCUT2D eigenvalue weighted by atomic mass is 32.2. The molecule has 19 heavy (non-hydrogen) atoms. The van der Waals surface area contributed by atoms with Crippen LogP contribution in [0.15, 0.2) is 0 Å². The van der Waals surface area contributed by atoms with E-state index in [9.17, 15) is 8.42 Å². The van der Waals surface area contributed by atoms with Crippen LogP contribution in [0.1, 0.15) is 39.5 Å². The molecule has 112 valence electrons. The van der Waals surface area contributed by atoms with Crippen molar-refractivity contribution in [1.29, 1.82) is 0 Å². The third-order valence-electron chi connectivity index (χ3n) is 4.13. The van der Waals surface area contributed by atoms with Crippen LogP contribution in [-0.4, -0.2) is 51.0 Å². The number of hydrogen-bond acceptors (Lipinski definition) is 5. The molecule has 2 rings (SSSR count). The Balaban J connectivity index is 2.14. The topological polar surface area (TPSA) is 64.6 Å². The molecule has 2 fully saturated rings. The highest BCUT2D eigenvalue weighted by Crippen LogP contribution is 2.38. The lowest BCUT2D eigenvalue weighted by atomic mass is 9.89. The molecular weight excluding hydrogens is 266 g/mol. The second-order valence-corrected chi connectivity index (χ2v) is 7.91. The summed E-state index contributed by atoms with van der Waals surface area (Å²) in [5.41, 5.74) is 0. The third kappa shape index (κ3) is 3.29. The quantitative estimate of drug-likeness (QED) is 0.821. The highest BCUT2D eigenvalue weighted by molar-refractivity contribution is 7.92. The van der Waals surface area contributed by atoms with Gasteiger partial charge in [0.25, 0.3) is 0 Å². The Bertz CT molecular complexity index is 389. The first kappa shape index (κ1) is 15.2. The number of nitrogens with one attached hydrogen (secondary N) is 1. The summed E-state index contributed by atoms with van der Waals surface area (Å²) in [6, 6.07) is 0.0309. The van der Waals surface area contributed by atoms with Gasteiger partial charge in [0.05, 0.1) is 18.5 Å². The van der Waals surface area contributed by atoms with Crippen LogP contribution in [0.5, 0.6) is 0 Å². The molecule has 1 heterocycles. The number of sulfone groups is 1. The monoisotopic (exact) mass is 291 g/mol. The summed E-state index contributed by atoms with van der Waals surface area (Å²) in [5, 5.41) is 2.99. The lowest BCUT2D eigenvalue weighted by Crippen LogP contribution is -2.54. The van der Waals surface area contributed by atoms with E-state index >= 15 is 0 Å². The van der Waals surface area contributed by atoms with E-state index in [0.717, 1.165) is 25.8 Å². The van der Waals surface area contributed by atoms with Crippen LogP contribution < -0.4 is 5.32 Å². The minimum absolute atomic E-state index is 0.0309. The van der Waals surface area contributed by atoms with Gasteiger partial charge in [0.2, 0.25) is 0 Å². The van der Waals surface area contributed by atoms with Crippen molar-refractivity contribution in [2.45, 2.75) is 56.6 Å². The molecule has 2 atom stereocenters. The maximum atomic E-state index is 12.3. The third-order valence-corrected chi connectivity index (χ3v) is 6.35. The number of rotatable bonds is 5. The van der Waals surface area contributed by atoms with Gasteiger partial charge in [-0.15, -0.1) is 0 Å². The van der Waals surface area contributed by atoms with Crippen molar-refractivity contribution < 1.29 is 17.9 Å². The zero-order valence-corrected chi connectivity index (χ0v) is 12.7. The van der Waals surface area contributed by atoms with Gasteiger partial charge in [-0.2, -0.15) is 0 Å². The summed E-state index contributed by atoms with van der Waals surface area (Å²) in [4.78, 5) is 0. The molecule has 0 amide bonds. The molecule has 1 saturated heterocycles. The van der Waals surface area contributed by atoms with E-state index in [4.69, 9.17) is 9.47 Å². The maximum absolute atomic E-state index is 12.3. The number of hydrogen-bond donors (Lipinski definition) is 1. The first-order valence-electron chi connectivity index (χ1n) is 7.26. The molecule has 1 aliphatic carbocycles. The molecular formula is C13H25NO4S. The van der Waals surface area contributed by atoms with E-state index in [-0.39, 0.29) is 11.8 Å². The van der Waals surface area contributed by atoms with Crippen LogP contribution in [0.2, 0.25) is 0 Å². The van der Waals surface area contributed by atoms with Gasteiger partial charge in [-0.3, -0.25) is 0 Å². The second kappa shape index (κ2) is 6.08. The van der Waals surface area contributed by atoms with Crippen LogP contribution in [0.3, 0.4) is 0 Å². The number of ether oxygens (including phenoxy) is 2. The van der Waals surface area contributed by atoms with Crippen molar-refractivity contribution in [1.82, 2.24) is 5.32 Å². The Hall–Kier alpha value is -0.170. The van der Waals surface area contributed by atoms with Gasteiger partial charge in [-0.1, -0.05) is 13.8 Å². The Labute approximate surface area is 116 Å². The first-order chi connectivity index (χ1) is 9.03. The molecule has 1 aliphatic heterocycles. The molecule has 0 radical (unpaired) electrons. The molecule has 0 aromatic carbocycles. The van der Waals surface area contributed by atoms with E-state index in [0.29, 0.717) is 19.6 Å². The SMILES string of the molecule is CCCNC1CCC2(CC1S(=O)(=O)CC)OCCO2. The lowest BCUT2D eigenvalue weighted by molar-refractivity contribution is -0.178. The predicted octanol–water partition coefficient (Wildman–Crippen LogP) is 1.08. The fourth-order valence-corrected chi connectivity index (χ4v) is 4.69. The van der Waals surface area contributed by atoms with E-state index in [1.54, 1.807) is 6.92 Å². The van der Waals surface area contributed by atoms with Crippen LogP contribution in [0.25, 0.3) is 0 Å². The molecule has 6 heteroatoms. The van der Waals surface area contributed by atoms with Crippen molar-refractivity contribution in [2.24, 2.45) is 0 Å². The average molecular weight is 291 g/mol. The predicted molar refractivity (Wildman–Crippen MR) is 73.8 cm³/mol. The standard InChI is InChI=1S/C13H25NO4S/c1-3-7-14-11-5-6-13(17-8-9-18-13)10-12(11)19(15,16)4-2/h11-12,14H,3-10H2,1-2H3. The fraction of sp³-hybridized carbons (Fsp3) is 1.00. The molecule has 1 saturated carbocycles. The molecule has 5 nitrogen and oxygen atoms in total. The summed E-state index contributed by atoms with van der Waals surface area (Å²) < 4.78 is 36.0. The summed E-state index contributed by atoms with van der Waals surface area (Å²) in [6.07, 6.45) is 3.05. The molecule has 2 aliphatic rings. The van der Waals surface area contributed by atoms with E-state index < -0.39 is 20.9 Å². The van der Waals surface area contributed by atoms with Crippen LogP contribution >= 0.6 is 0 Å². The Morgan fingerprint density at radius 2 is 1.95 bits per heavy atom. The van der Waals surface area contributed by atoms with Gasteiger partial charge in [0, 0.05) is 24.6 Å². The first-order valence-corrected chi connectivity index (χ1v) is 8.97. The van der Waals surface area contributed by atoms with Crippen molar-refractivity contribution in [3.63, 3.8) is 0 Å². The molecule has 2 unspecified atom stereocenters. The van der Waals surface area contributed by atoms with Crippen molar-refractivity contribution >= 4 is 9.84 Å². The minimum Gasteiger partial charge on any atom is -0.347 e. The van der Waals surface area contributed by atoms with E-state index in [1.807, 2.05) is 0 Å². The zero-order valence-electron chi connectivity index (χ0n) is 11.9. The van der Waals surface area contributed by atoms with Crippen molar-refractivity contribution in [2.75, 3.05) is 25.5 Å². The van der Waals surface area contributed by atoms with Gasteiger partial charge in [0.1, 0.15) is 0 Å². The summed E-state index contributed by atoms with van der Waals surface area (Å²) in [7, 11) is -3.09. The van der Waals surface area contributed by atoms with Crippen molar-refractivity contribution in [3.05, 3.63) is 0 Å². The zero-order chi connectivity index (χ0) is 13.9. The van der Waals surface area contributed by atoms with Gasteiger partial charge in [-0.25, -0.2) is 8.42 Å². The molecule has 1 N–H and O–H groups in total. The summed E-state index contributed by atoms with van der Waals surface area (Å²) in [5.74, 6) is -0.463. The molecule has 0 bridgehead atoms. The minimum atomic E-state index is -3.09. The summed E-state index contributed by atoms with van der Waals surface area (Å²) in [6.45, 7) is 5.81. The Morgan fingerprint density at radius 3 is 2.53 bits per heavy atom. The van der Waals surface area contributed by atoms with Crippen LogP contribution in [-0.2, 0) is 19.3 Å². The fourth-order valence-electron chi connectivity index (χ4n) is 3.03. The Morgan fingerprint density at radius 1 is 1.26 bits per heavy atom. The summed E-state index contributed by atoms with van der Waals surface area (Å²) >= 11 is 0. The smallest absolute Gasteiger partial charge is 0.169 e. The molecule has 1 spiro atoms. The van der Waals surface area contributed by atoms with Gasteiger partial charge >= 0.3 is 0 Å². The highest BCUT2D eigenvalue weighted by Gasteiger charge is 2.48. The van der Waals surface area contributed by atoms with Crippen LogP contribution in [0.4, 0.5) is 0 Å². The van der Waals surface area contributed by atoms with E-state index in [1.165, 1.54) is 0 Å². The molecule has 0 aromatic heterocycles.